The number of carbonyl (C=O) groups excluding carboxylic acids is 1. The van der Waals surface area contributed by atoms with Gasteiger partial charge in [0.25, 0.3) is 0 Å². The van der Waals surface area contributed by atoms with Crippen molar-refractivity contribution in [3.63, 3.8) is 0 Å². The van der Waals surface area contributed by atoms with E-state index in [2.05, 4.69) is 24.1 Å². The molecule has 1 N–H and O–H groups in total. The highest BCUT2D eigenvalue weighted by Crippen LogP contribution is 2.33. The van der Waals surface area contributed by atoms with Crippen LogP contribution in [0.1, 0.15) is 19.4 Å². The fourth-order valence-electron chi connectivity index (χ4n) is 3.58. The Balaban J connectivity index is 2.13. The van der Waals surface area contributed by atoms with E-state index < -0.39 is 0 Å². The normalized spacial score (nSPS) is 11.2. The van der Waals surface area contributed by atoms with Crippen molar-refractivity contribution in [1.82, 2.24) is 9.80 Å². The number of nitrogens with zero attached hydrogens (tertiary/aromatic N) is 2. The van der Waals surface area contributed by atoms with Gasteiger partial charge in [-0.25, -0.2) is 0 Å². The second-order valence-electron chi connectivity index (χ2n) is 7.24. The third-order valence-electron chi connectivity index (χ3n) is 5.35. The van der Waals surface area contributed by atoms with Gasteiger partial charge in [-0.1, -0.05) is 19.9 Å². The van der Waals surface area contributed by atoms with Crippen LogP contribution < -0.4 is 15.5 Å². The quantitative estimate of drug-likeness (QED) is 0.394. The van der Waals surface area contributed by atoms with Gasteiger partial charge in [-0.05, 0) is 42.9 Å². The summed E-state index contributed by atoms with van der Waals surface area (Å²) in [6, 6.07) is 9.56. The predicted octanol–water partition coefficient (Wildman–Crippen LogP) is 3.77. The van der Waals surface area contributed by atoms with Crippen LogP contribution in [0.15, 0.2) is 35.1 Å². The molecule has 3 aromatic rings. The number of amides is 1. The topological polar surface area (TPSA) is 61.9 Å². The molecule has 7 heteroatoms. The standard InChI is InChI=1S/C23H29N3O3S/c1-5-26(6-2)12-11-24-19-9-7-16(14-25(3)15-27)23-21(19)22(28)18-13-17(29-4)8-10-20(18)30-23/h7-10,13,15,24H,5-6,11-12,14H2,1-4H3. The smallest absolute Gasteiger partial charge is 0.209 e. The van der Waals surface area contributed by atoms with Gasteiger partial charge >= 0.3 is 0 Å². The Morgan fingerprint density at radius 2 is 1.93 bits per heavy atom. The number of hydrogen-bond acceptors (Lipinski definition) is 6. The molecule has 0 atom stereocenters. The van der Waals surface area contributed by atoms with Gasteiger partial charge in [0.1, 0.15) is 5.75 Å². The first kappa shape index (κ1) is 22.1. The van der Waals surface area contributed by atoms with Crippen LogP contribution in [-0.4, -0.2) is 56.5 Å². The largest absolute Gasteiger partial charge is 0.497 e. The summed E-state index contributed by atoms with van der Waals surface area (Å²) >= 11 is 1.58. The molecule has 160 valence electrons. The minimum absolute atomic E-state index is 0.0152. The van der Waals surface area contributed by atoms with E-state index in [4.69, 9.17) is 4.74 Å². The van der Waals surface area contributed by atoms with Gasteiger partial charge in [0.15, 0.2) is 5.43 Å². The summed E-state index contributed by atoms with van der Waals surface area (Å²) in [7, 11) is 3.34. The van der Waals surface area contributed by atoms with Crippen LogP contribution in [0.5, 0.6) is 5.75 Å². The van der Waals surface area contributed by atoms with E-state index in [1.165, 1.54) is 0 Å². The molecular formula is C23H29N3O3S. The van der Waals surface area contributed by atoms with Gasteiger partial charge in [-0.15, -0.1) is 11.3 Å². The van der Waals surface area contributed by atoms with Crippen LogP contribution in [0, 0.1) is 0 Å². The van der Waals surface area contributed by atoms with Crippen LogP contribution in [0.4, 0.5) is 5.69 Å². The van der Waals surface area contributed by atoms with Crippen LogP contribution in [0.25, 0.3) is 20.2 Å². The molecule has 0 aliphatic rings. The fraction of sp³-hybridized carbons (Fsp3) is 0.391. The molecule has 0 aliphatic carbocycles. The number of methoxy groups -OCH3 is 1. The summed E-state index contributed by atoms with van der Waals surface area (Å²) in [6.07, 6.45) is 0.802. The number of likely N-dealkylation sites (N-methyl/N-ethyl adjacent to an activating group) is 1. The molecule has 0 spiro atoms. The molecule has 0 fully saturated rings. The summed E-state index contributed by atoms with van der Waals surface area (Å²) in [5.74, 6) is 0.666. The van der Waals surface area contributed by atoms with Crippen LogP contribution >= 0.6 is 11.3 Å². The molecule has 0 radical (unpaired) electrons. The molecule has 1 amide bonds. The lowest BCUT2D eigenvalue weighted by Crippen LogP contribution is -2.28. The van der Waals surface area contributed by atoms with Gasteiger partial charge in [0.2, 0.25) is 6.41 Å². The first-order chi connectivity index (χ1) is 14.5. The summed E-state index contributed by atoms with van der Waals surface area (Å²) in [4.78, 5) is 28.6. The monoisotopic (exact) mass is 427 g/mol. The van der Waals surface area contributed by atoms with Crippen molar-refractivity contribution >= 4 is 43.6 Å². The first-order valence-electron chi connectivity index (χ1n) is 10.2. The van der Waals surface area contributed by atoms with Crippen molar-refractivity contribution in [3.8, 4) is 5.75 Å². The number of rotatable bonds is 10. The van der Waals surface area contributed by atoms with Gasteiger partial charge in [-0.2, -0.15) is 0 Å². The zero-order chi connectivity index (χ0) is 21.7. The number of benzene rings is 2. The Hall–Kier alpha value is -2.64. The van der Waals surface area contributed by atoms with E-state index in [0.717, 1.165) is 53.2 Å². The SMILES string of the molecule is CCN(CC)CCNc1ccc(CN(C)C=O)c2sc3ccc(OC)cc3c(=O)c12. The number of fused-ring (bicyclic) bond motifs is 2. The van der Waals surface area contributed by atoms with E-state index in [-0.39, 0.29) is 5.43 Å². The Bertz CT molecular complexity index is 1090. The van der Waals surface area contributed by atoms with Crippen LogP contribution in [0.2, 0.25) is 0 Å². The van der Waals surface area contributed by atoms with Crippen LogP contribution in [-0.2, 0) is 11.3 Å². The Morgan fingerprint density at radius 3 is 2.60 bits per heavy atom. The van der Waals surface area contributed by atoms with Crippen molar-refractivity contribution in [1.29, 1.82) is 0 Å². The third-order valence-corrected chi connectivity index (χ3v) is 6.59. The summed E-state index contributed by atoms with van der Waals surface area (Å²) in [5.41, 5.74) is 1.79. The molecule has 2 aromatic carbocycles. The zero-order valence-electron chi connectivity index (χ0n) is 18.0. The summed E-state index contributed by atoms with van der Waals surface area (Å²) < 4.78 is 7.15. The van der Waals surface area contributed by atoms with E-state index >= 15 is 0 Å². The number of carbonyl (C=O) groups is 1. The first-order valence-corrected chi connectivity index (χ1v) is 11.0. The third kappa shape index (κ3) is 4.57. The Labute approximate surface area is 181 Å². The number of nitrogens with one attached hydrogen (secondary N) is 1. The molecular weight excluding hydrogens is 398 g/mol. The van der Waals surface area contributed by atoms with Gasteiger partial charge in [-0.3, -0.25) is 9.59 Å². The molecule has 0 aliphatic heterocycles. The van der Waals surface area contributed by atoms with Crippen LogP contribution in [0.3, 0.4) is 0 Å². The minimum atomic E-state index is -0.0152. The van der Waals surface area contributed by atoms with E-state index in [9.17, 15) is 9.59 Å². The minimum Gasteiger partial charge on any atom is -0.497 e. The highest BCUT2D eigenvalue weighted by molar-refractivity contribution is 7.24. The molecule has 1 heterocycles. The summed E-state index contributed by atoms with van der Waals surface area (Å²) in [6.45, 7) is 8.40. The van der Waals surface area contributed by atoms with Gasteiger partial charge < -0.3 is 19.9 Å². The Kier molecular flexibility index (Phi) is 7.29. The maximum Gasteiger partial charge on any atom is 0.209 e. The lowest BCUT2D eigenvalue weighted by molar-refractivity contribution is -0.117. The number of ether oxygens (including phenoxy) is 1. The van der Waals surface area contributed by atoms with Crippen molar-refractivity contribution in [3.05, 3.63) is 46.1 Å². The molecule has 1 aromatic heterocycles. The number of anilines is 1. The van der Waals surface area contributed by atoms with Crippen molar-refractivity contribution < 1.29 is 9.53 Å². The molecule has 0 saturated carbocycles. The predicted molar refractivity (Wildman–Crippen MR) is 126 cm³/mol. The van der Waals surface area contributed by atoms with Crippen molar-refractivity contribution in [2.75, 3.05) is 45.7 Å². The average Bonchev–Trinajstić information content (AvgIpc) is 2.77. The molecule has 6 nitrogen and oxygen atoms in total. The average molecular weight is 428 g/mol. The molecule has 0 unspecified atom stereocenters. The lowest BCUT2D eigenvalue weighted by atomic mass is 10.1. The molecule has 0 bridgehead atoms. The molecule has 30 heavy (non-hydrogen) atoms. The second kappa shape index (κ2) is 9.91. The second-order valence-corrected chi connectivity index (χ2v) is 8.30. The number of hydrogen-bond donors (Lipinski definition) is 1. The summed E-state index contributed by atoms with van der Waals surface area (Å²) in [5, 5.41) is 4.80. The van der Waals surface area contributed by atoms with Gasteiger partial charge in [0, 0.05) is 47.2 Å². The molecule has 0 saturated heterocycles. The lowest BCUT2D eigenvalue weighted by Gasteiger charge is -2.20. The maximum atomic E-state index is 13.5. The van der Waals surface area contributed by atoms with E-state index in [1.807, 2.05) is 24.3 Å². The van der Waals surface area contributed by atoms with Crippen molar-refractivity contribution in [2.45, 2.75) is 20.4 Å². The maximum absolute atomic E-state index is 13.5. The highest BCUT2D eigenvalue weighted by Gasteiger charge is 2.15. The fourth-order valence-corrected chi connectivity index (χ4v) is 4.77. The zero-order valence-corrected chi connectivity index (χ0v) is 18.8. The molecule has 3 rings (SSSR count). The highest BCUT2D eigenvalue weighted by atomic mass is 32.1. The van der Waals surface area contributed by atoms with Crippen molar-refractivity contribution in [2.24, 2.45) is 0 Å². The van der Waals surface area contributed by atoms with E-state index in [0.29, 0.717) is 23.1 Å². The Morgan fingerprint density at radius 1 is 1.17 bits per heavy atom. The van der Waals surface area contributed by atoms with Gasteiger partial charge in [0.05, 0.1) is 12.5 Å². The van der Waals surface area contributed by atoms with E-state index in [1.54, 1.807) is 36.5 Å².